The predicted molar refractivity (Wildman–Crippen MR) is 71.5 cm³/mol. The van der Waals surface area contributed by atoms with Crippen LogP contribution in [0.1, 0.15) is 11.1 Å². The van der Waals surface area contributed by atoms with Gasteiger partial charge in [0.05, 0.1) is 16.6 Å². The molecule has 0 unspecified atom stereocenters. The molecule has 5 nitrogen and oxygen atoms in total. The molecule has 0 aliphatic carbocycles. The predicted octanol–water partition coefficient (Wildman–Crippen LogP) is 3.36. The number of halogens is 2. The van der Waals surface area contributed by atoms with E-state index in [0.717, 1.165) is 6.07 Å². The van der Waals surface area contributed by atoms with Crippen LogP contribution in [0.25, 0.3) is 0 Å². The number of rotatable bonds is 4. The fourth-order valence-electron chi connectivity index (χ4n) is 1.83. The lowest BCUT2D eigenvalue weighted by molar-refractivity contribution is -0.384. The molecule has 0 spiro atoms. The average Bonchev–Trinajstić information content (AvgIpc) is 2.48. The number of benzene rings is 2. The second kappa shape index (κ2) is 5.96. The molecule has 0 aliphatic heterocycles. The number of nitriles is 1. The monoisotopic (exact) mass is 289 g/mol. The van der Waals surface area contributed by atoms with Crippen LogP contribution in [0.5, 0.6) is 0 Å². The highest BCUT2D eigenvalue weighted by Gasteiger charge is 2.21. The minimum atomic E-state index is -1.32. The molecule has 2 aromatic carbocycles. The van der Waals surface area contributed by atoms with Crippen LogP contribution in [-0.2, 0) is 6.54 Å². The summed E-state index contributed by atoms with van der Waals surface area (Å²) in [5, 5.41) is 22.3. The van der Waals surface area contributed by atoms with Gasteiger partial charge >= 0.3 is 0 Å². The highest BCUT2D eigenvalue weighted by atomic mass is 19.2. The first kappa shape index (κ1) is 14.4. The number of nitrogens with zero attached hydrogens (tertiary/aromatic N) is 2. The van der Waals surface area contributed by atoms with Gasteiger partial charge in [0.15, 0.2) is 17.3 Å². The fraction of sp³-hybridized carbons (Fsp3) is 0.0714. The molecule has 0 heterocycles. The Morgan fingerprint density at radius 1 is 1.24 bits per heavy atom. The first-order chi connectivity index (χ1) is 10.0. The number of nitro benzene ring substituents is 1. The largest absolute Gasteiger partial charge is 0.373 e. The Labute approximate surface area is 118 Å². The SMILES string of the molecule is N#Cc1ccccc1CNc1c([N+](=O)[O-])ccc(F)c1F. The van der Waals surface area contributed by atoms with Crippen LogP contribution >= 0.6 is 0 Å². The number of nitrogens with one attached hydrogen (secondary N) is 1. The Kier molecular flexibility index (Phi) is 4.09. The van der Waals surface area contributed by atoms with Gasteiger partial charge in [-0.05, 0) is 17.7 Å². The molecular formula is C14H9F2N3O2. The number of anilines is 1. The van der Waals surface area contributed by atoms with Crippen LogP contribution in [0, 0.1) is 33.1 Å². The van der Waals surface area contributed by atoms with E-state index in [1.807, 2.05) is 6.07 Å². The van der Waals surface area contributed by atoms with Crippen molar-refractivity contribution in [3.63, 3.8) is 0 Å². The maximum Gasteiger partial charge on any atom is 0.295 e. The van der Waals surface area contributed by atoms with Gasteiger partial charge in [0.2, 0.25) is 0 Å². The van der Waals surface area contributed by atoms with Crippen molar-refractivity contribution in [3.8, 4) is 6.07 Å². The summed E-state index contributed by atoms with van der Waals surface area (Å²) in [6.07, 6.45) is 0. The Balaban J connectivity index is 2.34. The lowest BCUT2D eigenvalue weighted by atomic mass is 10.1. The van der Waals surface area contributed by atoms with E-state index < -0.39 is 27.9 Å². The maximum atomic E-state index is 13.7. The Morgan fingerprint density at radius 3 is 2.62 bits per heavy atom. The minimum Gasteiger partial charge on any atom is -0.373 e. The van der Waals surface area contributed by atoms with Crippen LogP contribution in [-0.4, -0.2) is 4.92 Å². The van der Waals surface area contributed by atoms with Crippen molar-refractivity contribution in [1.82, 2.24) is 0 Å². The van der Waals surface area contributed by atoms with Gasteiger partial charge < -0.3 is 5.32 Å². The molecule has 1 N–H and O–H groups in total. The van der Waals surface area contributed by atoms with E-state index in [-0.39, 0.29) is 6.54 Å². The molecule has 0 aromatic heterocycles. The van der Waals surface area contributed by atoms with Crippen molar-refractivity contribution in [1.29, 1.82) is 5.26 Å². The molecule has 0 bridgehead atoms. The molecule has 0 radical (unpaired) electrons. The fourth-order valence-corrected chi connectivity index (χ4v) is 1.83. The second-order valence-electron chi connectivity index (χ2n) is 4.14. The molecule has 0 atom stereocenters. The summed E-state index contributed by atoms with van der Waals surface area (Å²) in [4.78, 5) is 10.0. The van der Waals surface area contributed by atoms with Gasteiger partial charge in [-0.3, -0.25) is 10.1 Å². The van der Waals surface area contributed by atoms with E-state index in [4.69, 9.17) is 5.26 Å². The maximum absolute atomic E-state index is 13.7. The van der Waals surface area contributed by atoms with E-state index in [2.05, 4.69) is 5.32 Å². The van der Waals surface area contributed by atoms with Gasteiger partial charge in [-0.2, -0.15) is 5.26 Å². The van der Waals surface area contributed by atoms with Gasteiger partial charge in [0.1, 0.15) is 0 Å². The third-order valence-corrected chi connectivity index (χ3v) is 2.86. The van der Waals surface area contributed by atoms with Crippen LogP contribution in [0.3, 0.4) is 0 Å². The quantitative estimate of drug-likeness (QED) is 0.691. The first-order valence-corrected chi connectivity index (χ1v) is 5.89. The lowest BCUT2D eigenvalue weighted by Gasteiger charge is -2.09. The molecule has 0 amide bonds. The number of nitro groups is 1. The summed E-state index contributed by atoms with van der Waals surface area (Å²) >= 11 is 0. The molecule has 106 valence electrons. The van der Waals surface area contributed by atoms with Crippen molar-refractivity contribution in [2.24, 2.45) is 0 Å². The van der Waals surface area contributed by atoms with Gasteiger partial charge in [0, 0.05) is 12.6 Å². The van der Waals surface area contributed by atoms with E-state index in [9.17, 15) is 18.9 Å². The zero-order valence-corrected chi connectivity index (χ0v) is 10.6. The molecule has 0 aliphatic rings. The van der Waals surface area contributed by atoms with E-state index in [1.54, 1.807) is 24.3 Å². The number of hydrogen-bond acceptors (Lipinski definition) is 4. The topological polar surface area (TPSA) is 79.0 Å². The van der Waals surface area contributed by atoms with Crippen molar-refractivity contribution < 1.29 is 13.7 Å². The van der Waals surface area contributed by atoms with E-state index in [1.165, 1.54) is 0 Å². The summed E-state index contributed by atoms with van der Waals surface area (Å²) in [5.74, 6) is -2.50. The zero-order valence-electron chi connectivity index (χ0n) is 10.6. The van der Waals surface area contributed by atoms with Crippen molar-refractivity contribution in [2.75, 3.05) is 5.32 Å². The van der Waals surface area contributed by atoms with Crippen LogP contribution in [0.2, 0.25) is 0 Å². The van der Waals surface area contributed by atoms with Crippen LogP contribution in [0.15, 0.2) is 36.4 Å². The van der Waals surface area contributed by atoms with E-state index >= 15 is 0 Å². The van der Waals surface area contributed by atoms with Gasteiger partial charge in [-0.15, -0.1) is 0 Å². The summed E-state index contributed by atoms with van der Waals surface area (Å²) in [5.41, 5.74) is -0.224. The Morgan fingerprint density at radius 2 is 1.95 bits per heavy atom. The summed E-state index contributed by atoms with van der Waals surface area (Å²) in [7, 11) is 0. The van der Waals surface area contributed by atoms with Crippen molar-refractivity contribution in [3.05, 3.63) is 69.3 Å². The molecule has 2 aromatic rings. The molecule has 0 saturated heterocycles. The summed E-state index contributed by atoms with van der Waals surface area (Å²) in [6, 6.07) is 10.1. The van der Waals surface area contributed by atoms with Gasteiger partial charge in [0.25, 0.3) is 5.69 Å². The first-order valence-electron chi connectivity index (χ1n) is 5.89. The van der Waals surface area contributed by atoms with Crippen molar-refractivity contribution >= 4 is 11.4 Å². The Hall–Kier alpha value is -3.01. The highest BCUT2D eigenvalue weighted by molar-refractivity contribution is 5.63. The second-order valence-corrected chi connectivity index (χ2v) is 4.14. The third-order valence-electron chi connectivity index (χ3n) is 2.86. The van der Waals surface area contributed by atoms with Gasteiger partial charge in [-0.25, -0.2) is 8.78 Å². The van der Waals surface area contributed by atoms with Crippen molar-refractivity contribution in [2.45, 2.75) is 6.54 Å². The van der Waals surface area contributed by atoms with Gasteiger partial charge in [-0.1, -0.05) is 18.2 Å². The average molecular weight is 289 g/mol. The van der Waals surface area contributed by atoms with E-state index in [0.29, 0.717) is 17.2 Å². The highest BCUT2D eigenvalue weighted by Crippen LogP contribution is 2.29. The normalized spacial score (nSPS) is 9.95. The van der Waals surface area contributed by atoms with Crippen LogP contribution < -0.4 is 5.32 Å². The molecule has 0 fully saturated rings. The molecular weight excluding hydrogens is 280 g/mol. The third kappa shape index (κ3) is 2.95. The minimum absolute atomic E-state index is 0.0368. The molecule has 21 heavy (non-hydrogen) atoms. The zero-order chi connectivity index (χ0) is 15.4. The Bertz CT molecular complexity index is 741. The molecule has 2 rings (SSSR count). The summed E-state index contributed by atoms with van der Waals surface area (Å²) < 4.78 is 26.9. The smallest absolute Gasteiger partial charge is 0.295 e. The molecule has 7 heteroatoms. The van der Waals surface area contributed by atoms with Crippen LogP contribution in [0.4, 0.5) is 20.2 Å². The number of hydrogen-bond donors (Lipinski definition) is 1. The molecule has 0 saturated carbocycles. The lowest BCUT2D eigenvalue weighted by Crippen LogP contribution is -2.07. The standard InChI is InChI=1S/C14H9F2N3O2/c15-11-5-6-12(19(20)21)14(13(11)16)18-8-10-4-2-1-3-9(10)7-17/h1-6,18H,8H2. The summed E-state index contributed by atoms with van der Waals surface area (Å²) in [6.45, 7) is -0.0368.